The first-order valence-corrected chi connectivity index (χ1v) is 9.35. The SMILES string of the molecule is CN=C(NCC(OC)c1cccc(Cl)c1)N1CCN(c2ncccn2)CC1. The minimum Gasteiger partial charge on any atom is -0.375 e. The number of aliphatic imine (C=N–C) groups is 1. The first kappa shape index (κ1) is 19.4. The zero-order chi connectivity index (χ0) is 19.1. The molecule has 27 heavy (non-hydrogen) atoms. The Kier molecular flexibility index (Phi) is 6.84. The molecular weight excluding hydrogens is 364 g/mol. The fraction of sp³-hybridized carbons (Fsp3) is 0.421. The van der Waals surface area contributed by atoms with Gasteiger partial charge in [-0.05, 0) is 23.8 Å². The summed E-state index contributed by atoms with van der Waals surface area (Å²) in [5.74, 6) is 1.65. The maximum Gasteiger partial charge on any atom is 0.225 e. The lowest BCUT2D eigenvalue weighted by Gasteiger charge is -2.36. The molecule has 3 rings (SSSR count). The third kappa shape index (κ3) is 5.08. The highest BCUT2D eigenvalue weighted by Crippen LogP contribution is 2.20. The Bertz CT molecular complexity index is 749. The summed E-state index contributed by atoms with van der Waals surface area (Å²) in [5, 5.41) is 4.13. The van der Waals surface area contributed by atoms with E-state index >= 15 is 0 Å². The zero-order valence-corrected chi connectivity index (χ0v) is 16.4. The number of aromatic nitrogens is 2. The van der Waals surface area contributed by atoms with Crippen molar-refractivity contribution in [3.8, 4) is 0 Å². The highest BCUT2D eigenvalue weighted by atomic mass is 35.5. The average Bonchev–Trinajstić information content (AvgIpc) is 2.72. The Morgan fingerprint density at radius 2 is 1.96 bits per heavy atom. The molecule has 1 aliphatic rings. The lowest BCUT2D eigenvalue weighted by atomic mass is 10.1. The van der Waals surface area contributed by atoms with Gasteiger partial charge in [0.25, 0.3) is 0 Å². The summed E-state index contributed by atoms with van der Waals surface area (Å²) < 4.78 is 5.63. The van der Waals surface area contributed by atoms with Crippen molar-refractivity contribution in [3.05, 3.63) is 53.3 Å². The van der Waals surface area contributed by atoms with Crippen molar-refractivity contribution in [2.45, 2.75) is 6.10 Å². The Morgan fingerprint density at radius 3 is 2.59 bits per heavy atom. The van der Waals surface area contributed by atoms with Crippen LogP contribution in [0, 0.1) is 0 Å². The van der Waals surface area contributed by atoms with Gasteiger partial charge in [-0.25, -0.2) is 9.97 Å². The second-order valence-corrected chi connectivity index (χ2v) is 6.67. The van der Waals surface area contributed by atoms with Gasteiger partial charge in [-0.2, -0.15) is 0 Å². The lowest BCUT2D eigenvalue weighted by molar-refractivity contribution is 0.105. The normalized spacial score (nSPS) is 16.3. The van der Waals surface area contributed by atoms with Crippen LogP contribution in [0.3, 0.4) is 0 Å². The van der Waals surface area contributed by atoms with Gasteiger partial charge in [0.05, 0.1) is 6.10 Å². The van der Waals surface area contributed by atoms with Crippen LogP contribution in [0.5, 0.6) is 0 Å². The van der Waals surface area contributed by atoms with Gasteiger partial charge in [0.1, 0.15) is 0 Å². The van der Waals surface area contributed by atoms with Crippen LogP contribution in [-0.2, 0) is 4.74 Å². The van der Waals surface area contributed by atoms with Crippen LogP contribution >= 0.6 is 11.6 Å². The van der Waals surface area contributed by atoms with Crippen molar-refractivity contribution in [2.24, 2.45) is 4.99 Å². The molecule has 0 radical (unpaired) electrons. The number of benzene rings is 1. The van der Waals surface area contributed by atoms with Crippen LogP contribution in [-0.4, -0.2) is 67.7 Å². The second-order valence-electron chi connectivity index (χ2n) is 6.23. The molecule has 0 spiro atoms. The molecule has 0 saturated carbocycles. The van der Waals surface area contributed by atoms with Crippen molar-refractivity contribution < 1.29 is 4.74 Å². The minimum absolute atomic E-state index is 0.0977. The number of ether oxygens (including phenoxy) is 1. The molecule has 0 aliphatic carbocycles. The Labute approximate surface area is 165 Å². The number of hydrogen-bond acceptors (Lipinski definition) is 5. The summed E-state index contributed by atoms with van der Waals surface area (Å²) in [6.45, 7) is 4.03. The van der Waals surface area contributed by atoms with Gasteiger partial charge in [0.2, 0.25) is 5.95 Å². The van der Waals surface area contributed by atoms with Gasteiger partial charge >= 0.3 is 0 Å². The Hall–Kier alpha value is -2.38. The minimum atomic E-state index is -0.0977. The summed E-state index contributed by atoms with van der Waals surface area (Å²) in [6.07, 6.45) is 3.45. The van der Waals surface area contributed by atoms with E-state index in [0.29, 0.717) is 11.6 Å². The maximum atomic E-state index is 6.10. The molecule has 2 aromatic rings. The van der Waals surface area contributed by atoms with E-state index in [1.54, 1.807) is 26.6 Å². The van der Waals surface area contributed by atoms with Gasteiger partial charge in [-0.15, -0.1) is 0 Å². The quantitative estimate of drug-likeness (QED) is 0.625. The second kappa shape index (κ2) is 9.53. The van der Waals surface area contributed by atoms with Gasteiger partial charge in [-0.3, -0.25) is 4.99 Å². The monoisotopic (exact) mass is 388 g/mol. The highest BCUT2D eigenvalue weighted by molar-refractivity contribution is 6.30. The lowest BCUT2D eigenvalue weighted by Crippen LogP contribution is -2.53. The van der Waals surface area contributed by atoms with Crippen molar-refractivity contribution >= 4 is 23.5 Å². The van der Waals surface area contributed by atoms with E-state index in [-0.39, 0.29) is 6.10 Å². The average molecular weight is 389 g/mol. The van der Waals surface area contributed by atoms with Crippen LogP contribution in [0.4, 0.5) is 5.95 Å². The number of hydrogen-bond donors (Lipinski definition) is 1. The third-order valence-corrected chi connectivity index (χ3v) is 4.81. The van der Waals surface area contributed by atoms with Crippen LogP contribution in [0.15, 0.2) is 47.7 Å². The third-order valence-electron chi connectivity index (χ3n) is 4.58. The standard InChI is InChI=1S/C19H25ClN6O/c1-21-18(24-14-17(27-2)15-5-3-6-16(20)13-15)25-9-11-26(12-10-25)19-22-7-4-8-23-19/h3-8,13,17H,9-12,14H2,1-2H3,(H,21,24). The highest BCUT2D eigenvalue weighted by Gasteiger charge is 2.22. The molecule has 0 amide bonds. The number of halogens is 1. The molecule has 1 N–H and O–H groups in total. The molecule has 1 aromatic carbocycles. The van der Waals surface area contributed by atoms with Gasteiger partial charge in [-0.1, -0.05) is 23.7 Å². The molecule has 8 heteroatoms. The zero-order valence-electron chi connectivity index (χ0n) is 15.7. The number of piperazine rings is 1. The van der Waals surface area contributed by atoms with Crippen LogP contribution < -0.4 is 10.2 Å². The predicted octanol–water partition coefficient (Wildman–Crippen LogP) is 2.22. The van der Waals surface area contributed by atoms with E-state index in [1.807, 2.05) is 30.3 Å². The fourth-order valence-corrected chi connectivity index (χ4v) is 3.33. The number of anilines is 1. The van der Waals surface area contributed by atoms with Crippen molar-refractivity contribution in [2.75, 3.05) is 51.8 Å². The smallest absolute Gasteiger partial charge is 0.225 e. The maximum absolute atomic E-state index is 6.10. The number of rotatable bonds is 5. The Morgan fingerprint density at radius 1 is 1.22 bits per heavy atom. The molecule has 1 fully saturated rings. The topological polar surface area (TPSA) is 65.9 Å². The first-order chi connectivity index (χ1) is 13.2. The largest absolute Gasteiger partial charge is 0.375 e. The summed E-state index contributed by atoms with van der Waals surface area (Å²) >= 11 is 6.10. The number of nitrogens with zero attached hydrogens (tertiary/aromatic N) is 5. The molecular formula is C19H25ClN6O. The number of guanidine groups is 1. The van der Waals surface area contributed by atoms with Crippen molar-refractivity contribution in [1.82, 2.24) is 20.2 Å². The molecule has 2 heterocycles. The van der Waals surface area contributed by atoms with Crippen molar-refractivity contribution in [3.63, 3.8) is 0 Å². The van der Waals surface area contributed by atoms with Gasteiger partial charge in [0.15, 0.2) is 5.96 Å². The number of methoxy groups -OCH3 is 1. The predicted molar refractivity (Wildman–Crippen MR) is 108 cm³/mol. The van der Waals surface area contributed by atoms with E-state index in [0.717, 1.165) is 43.7 Å². The molecule has 0 bridgehead atoms. The molecule has 1 atom stereocenters. The first-order valence-electron chi connectivity index (χ1n) is 8.97. The van der Waals surface area contributed by atoms with E-state index < -0.39 is 0 Å². The molecule has 1 aliphatic heterocycles. The molecule has 1 unspecified atom stereocenters. The fourth-order valence-electron chi connectivity index (χ4n) is 3.13. The van der Waals surface area contributed by atoms with Crippen LogP contribution in [0.1, 0.15) is 11.7 Å². The van der Waals surface area contributed by atoms with E-state index in [1.165, 1.54) is 0 Å². The van der Waals surface area contributed by atoms with Crippen LogP contribution in [0.2, 0.25) is 5.02 Å². The summed E-state index contributed by atoms with van der Waals surface area (Å²) in [4.78, 5) is 17.5. The van der Waals surface area contributed by atoms with Crippen molar-refractivity contribution in [1.29, 1.82) is 0 Å². The molecule has 1 saturated heterocycles. The summed E-state index contributed by atoms with van der Waals surface area (Å²) in [6, 6.07) is 9.57. The number of nitrogens with one attached hydrogen (secondary N) is 1. The van der Waals surface area contributed by atoms with Gasteiger partial charge < -0.3 is 19.9 Å². The summed E-state index contributed by atoms with van der Waals surface area (Å²) in [5.41, 5.74) is 1.04. The van der Waals surface area contributed by atoms with Crippen LogP contribution in [0.25, 0.3) is 0 Å². The van der Waals surface area contributed by atoms with E-state index in [2.05, 4.69) is 30.1 Å². The molecule has 144 valence electrons. The Balaban J connectivity index is 1.55. The summed E-state index contributed by atoms with van der Waals surface area (Å²) in [7, 11) is 3.50. The molecule has 1 aromatic heterocycles. The van der Waals surface area contributed by atoms with Gasteiger partial charge in [0, 0.05) is 64.3 Å². The molecule has 7 nitrogen and oxygen atoms in total. The van der Waals surface area contributed by atoms with E-state index in [4.69, 9.17) is 16.3 Å². The van der Waals surface area contributed by atoms with E-state index in [9.17, 15) is 0 Å².